The second-order valence-electron chi connectivity index (χ2n) is 6.39. The second kappa shape index (κ2) is 5.89. The van der Waals surface area contributed by atoms with Crippen molar-refractivity contribution in [2.75, 3.05) is 32.8 Å². The lowest BCUT2D eigenvalue weighted by molar-refractivity contribution is -0.0201. The van der Waals surface area contributed by atoms with Crippen LogP contribution >= 0.6 is 0 Å². The molecule has 0 aromatic carbocycles. The monoisotopic (exact) mass is 252 g/mol. The lowest BCUT2D eigenvalue weighted by atomic mass is 9.99. The lowest BCUT2D eigenvalue weighted by Gasteiger charge is -2.39. The van der Waals surface area contributed by atoms with Crippen LogP contribution in [0.25, 0.3) is 0 Å². The Morgan fingerprint density at radius 1 is 0.889 bits per heavy atom. The van der Waals surface area contributed by atoms with Crippen molar-refractivity contribution < 1.29 is 4.74 Å². The van der Waals surface area contributed by atoms with E-state index in [9.17, 15) is 0 Å². The molecule has 18 heavy (non-hydrogen) atoms. The van der Waals surface area contributed by atoms with E-state index in [1.54, 1.807) is 0 Å². The van der Waals surface area contributed by atoms with E-state index >= 15 is 0 Å². The summed E-state index contributed by atoms with van der Waals surface area (Å²) in [5.74, 6) is 0. The van der Waals surface area contributed by atoms with Crippen LogP contribution in [0.4, 0.5) is 0 Å². The van der Waals surface area contributed by atoms with Gasteiger partial charge in [-0.15, -0.1) is 0 Å². The van der Waals surface area contributed by atoms with Crippen LogP contribution in [0.1, 0.15) is 45.4 Å². The molecule has 0 aromatic heterocycles. The van der Waals surface area contributed by atoms with E-state index in [0.717, 1.165) is 18.7 Å². The van der Waals surface area contributed by atoms with E-state index in [2.05, 4.69) is 16.7 Å². The first kappa shape index (κ1) is 12.9. The third-order valence-corrected chi connectivity index (χ3v) is 5.06. The van der Waals surface area contributed by atoms with Crippen molar-refractivity contribution in [3.63, 3.8) is 0 Å². The van der Waals surface area contributed by atoms with Gasteiger partial charge in [-0.3, -0.25) is 9.80 Å². The van der Waals surface area contributed by atoms with Crippen molar-refractivity contribution in [1.29, 1.82) is 0 Å². The Hall–Kier alpha value is -0.120. The van der Waals surface area contributed by atoms with Crippen LogP contribution in [-0.4, -0.2) is 60.8 Å². The van der Waals surface area contributed by atoms with E-state index in [4.69, 9.17) is 4.74 Å². The highest BCUT2D eigenvalue weighted by atomic mass is 16.5. The number of hydrogen-bond donors (Lipinski definition) is 0. The van der Waals surface area contributed by atoms with Gasteiger partial charge in [0.25, 0.3) is 0 Å². The summed E-state index contributed by atoms with van der Waals surface area (Å²) in [7, 11) is 0. The molecule has 3 aliphatic heterocycles. The SMILES string of the molecule is CC1CC(N2CCCN3CCCCC3C2)CCO1. The summed E-state index contributed by atoms with van der Waals surface area (Å²) in [4.78, 5) is 5.54. The molecule has 0 bridgehead atoms. The van der Waals surface area contributed by atoms with Gasteiger partial charge >= 0.3 is 0 Å². The molecule has 3 rings (SSSR count). The van der Waals surface area contributed by atoms with Gasteiger partial charge in [0.2, 0.25) is 0 Å². The molecule has 3 fully saturated rings. The third kappa shape index (κ3) is 2.89. The Bertz CT molecular complexity index is 271. The minimum atomic E-state index is 0.467. The van der Waals surface area contributed by atoms with Crippen LogP contribution in [-0.2, 0) is 4.74 Å². The van der Waals surface area contributed by atoms with Gasteiger partial charge in [0.1, 0.15) is 0 Å². The maximum absolute atomic E-state index is 5.70. The van der Waals surface area contributed by atoms with Crippen LogP contribution in [0.2, 0.25) is 0 Å². The van der Waals surface area contributed by atoms with Gasteiger partial charge in [-0.05, 0) is 58.7 Å². The van der Waals surface area contributed by atoms with Gasteiger partial charge in [-0.25, -0.2) is 0 Å². The van der Waals surface area contributed by atoms with Gasteiger partial charge < -0.3 is 4.74 Å². The largest absolute Gasteiger partial charge is 0.378 e. The molecule has 104 valence electrons. The maximum Gasteiger partial charge on any atom is 0.0561 e. The van der Waals surface area contributed by atoms with Crippen LogP contribution < -0.4 is 0 Å². The zero-order valence-electron chi connectivity index (χ0n) is 11.8. The average Bonchev–Trinajstić information content (AvgIpc) is 2.60. The molecular weight excluding hydrogens is 224 g/mol. The molecule has 3 nitrogen and oxygen atoms in total. The number of hydrogen-bond acceptors (Lipinski definition) is 3. The van der Waals surface area contributed by atoms with Gasteiger partial charge in [-0.2, -0.15) is 0 Å². The summed E-state index contributed by atoms with van der Waals surface area (Å²) in [6.07, 6.45) is 8.61. The molecule has 0 amide bonds. The predicted octanol–water partition coefficient (Wildman–Crippen LogP) is 2.11. The van der Waals surface area contributed by atoms with Crippen molar-refractivity contribution in [1.82, 2.24) is 9.80 Å². The molecule has 0 spiro atoms. The van der Waals surface area contributed by atoms with Crippen LogP contribution in [0.3, 0.4) is 0 Å². The smallest absolute Gasteiger partial charge is 0.0561 e. The zero-order valence-corrected chi connectivity index (χ0v) is 11.8. The number of rotatable bonds is 1. The van der Waals surface area contributed by atoms with Crippen molar-refractivity contribution in [3.8, 4) is 0 Å². The Kier molecular flexibility index (Phi) is 4.22. The van der Waals surface area contributed by atoms with E-state index in [0.29, 0.717) is 6.10 Å². The number of ether oxygens (including phenoxy) is 1. The topological polar surface area (TPSA) is 15.7 Å². The number of nitrogens with zero attached hydrogens (tertiary/aromatic N) is 2. The molecule has 0 N–H and O–H groups in total. The molecule has 0 aromatic rings. The summed E-state index contributed by atoms with van der Waals surface area (Å²) in [6.45, 7) is 8.51. The summed E-state index contributed by atoms with van der Waals surface area (Å²) >= 11 is 0. The first-order valence-electron chi connectivity index (χ1n) is 7.92. The van der Waals surface area contributed by atoms with E-state index in [-0.39, 0.29) is 0 Å². The maximum atomic E-state index is 5.70. The minimum Gasteiger partial charge on any atom is -0.378 e. The molecule has 3 heteroatoms. The Morgan fingerprint density at radius 2 is 1.72 bits per heavy atom. The highest BCUT2D eigenvalue weighted by Crippen LogP contribution is 2.25. The first-order valence-corrected chi connectivity index (χ1v) is 7.92. The number of fused-ring (bicyclic) bond motifs is 1. The van der Waals surface area contributed by atoms with Crippen molar-refractivity contribution >= 4 is 0 Å². The molecule has 3 aliphatic rings. The van der Waals surface area contributed by atoms with E-state index in [1.165, 1.54) is 64.7 Å². The summed E-state index contributed by atoms with van der Waals surface area (Å²) in [5.41, 5.74) is 0. The summed E-state index contributed by atoms with van der Waals surface area (Å²) < 4.78 is 5.70. The average molecular weight is 252 g/mol. The quantitative estimate of drug-likeness (QED) is 0.711. The molecule has 0 aliphatic carbocycles. The third-order valence-electron chi connectivity index (χ3n) is 5.06. The van der Waals surface area contributed by atoms with Crippen molar-refractivity contribution in [2.45, 2.75) is 63.6 Å². The van der Waals surface area contributed by atoms with Gasteiger partial charge in [0.15, 0.2) is 0 Å². The summed E-state index contributed by atoms with van der Waals surface area (Å²) in [6, 6.07) is 1.63. The van der Waals surface area contributed by atoms with Crippen molar-refractivity contribution in [3.05, 3.63) is 0 Å². The Labute approximate surface area is 111 Å². The Balaban J connectivity index is 1.61. The fraction of sp³-hybridized carbons (Fsp3) is 1.00. The van der Waals surface area contributed by atoms with Crippen LogP contribution in [0.5, 0.6) is 0 Å². The van der Waals surface area contributed by atoms with Crippen LogP contribution in [0.15, 0.2) is 0 Å². The molecule has 3 unspecified atom stereocenters. The predicted molar refractivity (Wildman–Crippen MR) is 73.8 cm³/mol. The van der Waals surface area contributed by atoms with Gasteiger partial charge in [-0.1, -0.05) is 6.42 Å². The molecule has 3 heterocycles. The molecule has 0 radical (unpaired) electrons. The molecule has 0 saturated carbocycles. The summed E-state index contributed by atoms with van der Waals surface area (Å²) in [5, 5.41) is 0. The lowest BCUT2D eigenvalue weighted by Crippen LogP contribution is -2.48. The molecule has 3 atom stereocenters. The first-order chi connectivity index (χ1) is 8.83. The zero-order chi connectivity index (χ0) is 12.4. The van der Waals surface area contributed by atoms with Crippen LogP contribution in [0, 0.1) is 0 Å². The van der Waals surface area contributed by atoms with Crippen molar-refractivity contribution in [2.24, 2.45) is 0 Å². The highest BCUT2D eigenvalue weighted by Gasteiger charge is 2.31. The van der Waals surface area contributed by atoms with E-state index in [1.807, 2.05) is 0 Å². The highest BCUT2D eigenvalue weighted by molar-refractivity contribution is 4.87. The van der Waals surface area contributed by atoms with E-state index < -0.39 is 0 Å². The number of piperidine rings is 1. The normalized spacial score (nSPS) is 40.2. The second-order valence-corrected chi connectivity index (χ2v) is 6.39. The fourth-order valence-corrected chi connectivity index (χ4v) is 4.04. The Morgan fingerprint density at radius 3 is 2.61 bits per heavy atom. The minimum absolute atomic E-state index is 0.467. The molecule has 3 saturated heterocycles. The van der Waals surface area contributed by atoms with Gasteiger partial charge in [0.05, 0.1) is 6.10 Å². The fourth-order valence-electron chi connectivity index (χ4n) is 4.04. The molecular formula is C15H28N2O. The standard InChI is InChI=1S/C15H28N2O/c1-13-11-14(6-10-18-13)17-9-4-8-16-7-3-2-5-15(16)12-17/h13-15H,2-12H2,1H3. The van der Waals surface area contributed by atoms with Gasteiger partial charge in [0, 0.05) is 25.2 Å².